The average molecular weight is 335 g/mol. The van der Waals surface area contributed by atoms with Gasteiger partial charge in [-0.05, 0) is 17.7 Å². The van der Waals surface area contributed by atoms with Crippen LogP contribution in [0.2, 0.25) is 0 Å². The quantitative estimate of drug-likeness (QED) is 0.909. The summed E-state index contributed by atoms with van der Waals surface area (Å²) in [5.74, 6) is -4.02. The number of carbonyl (C=O) groups is 2. The van der Waals surface area contributed by atoms with Crippen molar-refractivity contribution >= 4 is 11.8 Å². The van der Waals surface area contributed by atoms with Crippen molar-refractivity contribution in [3.8, 4) is 12.1 Å². The topological polar surface area (TPSA) is 93.8 Å². The maximum absolute atomic E-state index is 13.6. The zero-order valence-corrected chi connectivity index (χ0v) is 13.1. The van der Waals surface area contributed by atoms with E-state index in [2.05, 4.69) is 5.32 Å². The molecule has 5 nitrogen and oxygen atoms in total. The summed E-state index contributed by atoms with van der Waals surface area (Å²) in [7, 11) is 0. The number of benzene rings is 2. The SMILES string of the molecule is N#CC(C#N)C(CC(=O)NC(=O)c1ccccc1F)c1ccccc1. The summed E-state index contributed by atoms with van der Waals surface area (Å²) < 4.78 is 13.6. The molecule has 0 saturated heterocycles. The van der Waals surface area contributed by atoms with Crippen LogP contribution in [0, 0.1) is 34.4 Å². The van der Waals surface area contributed by atoms with Crippen molar-refractivity contribution in [2.75, 3.05) is 0 Å². The molecular weight excluding hydrogens is 321 g/mol. The molecule has 2 rings (SSSR count). The first-order chi connectivity index (χ1) is 12.1. The number of imide groups is 1. The van der Waals surface area contributed by atoms with Crippen LogP contribution >= 0.6 is 0 Å². The van der Waals surface area contributed by atoms with Crippen LogP contribution in [0.25, 0.3) is 0 Å². The average Bonchev–Trinajstić information content (AvgIpc) is 2.62. The number of nitrogens with zero attached hydrogens (tertiary/aromatic N) is 2. The number of hydrogen-bond donors (Lipinski definition) is 1. The third kappa shape index (κ3) is 4.49. The minimum absolute atomic E-state index is 0.240. The molecule has 1 N–H and O–H groups in total. The molecule has 0 fully saturated rings. The molecule has 0 radical (unpaired) electrons. The van der Waals surface area contributed by atoms with Crippen molar-refractivity contribution in [3.63, 3.8) is 0 Å². The lowest BCUT2D eigenvalue weighted by atomic mass is 9.85. The van der Waals surface area contributed by atoms with Gasteiger partial charge in [-0.2, -0.15) is 10.5 Å². The van der Waals surface area contributed by atoms with Gasteiger partial charge in [0.25, 0.3) is 5.91 Å². The third-order valence-electron chi connectivity index (χ3n) is 3.69. The van der Waals surface area contributed by atoms with Crippen molar-refractivity contribution in [3.05, 3.63) is 71.5 Å². The molecule has 0 aromatic heterocycles. The zero-order chi connectivity index (χ0) is 18.2. The van der Waals surface area contributed by atoms with E-state index in [4.69, 9.17) is 10.5 Å². The second kappa shape index (κ2) is 8.37. The minimum atomic E-state index is -1.04. The summed E-state index contributed by atoms with van der Waals surface area (Å²) in [5.41, 5.74) is 0.397. The van der Waals surface area contributed by atoms with E-state index in [9.17, 15) is 14.0 Å². The van der Waals surface area contributed by atoms with Gasteiger partial charge in [0.2, 0.25) is 5.91 Å². The van der Waals surface area contributed by atoms with Crippen molar-refractivity contribution in [1.82, 2.24) is 5.32 Å². The molecule has 0 aliphatic heterocycles. The summed E-state index contributed by atoms with van der Waals surface area (Å²) in [6.07, 6.45) is -0.240. The molecule has 1 unspecified atom stereocenters. The Morgan fingerprint density at radius 2 is 1.60 bits per heavy atom. The summed E-state index contributed by atoms with van der Waals surface area (Å²) in [4.78, 5) is 24.2. The number of rotatable bonds is 5. The third-order valence-corrected chi connectivity index (χ3v) is 3.69. The van der Waals surface area contributed by atoms with E-state index in [0.29, 0.717) is 5.56 Å². The Labute approximate surface area is 144 Å². The van der Waals surface area contributed by atoms with E-state index in [1.54, 1.807) is 30.3 Å². The van der Waals surface area contributed by atoms with Gasteiger partial charge in [-0.3, -0.25) is 14.9 Å². The molecule has 2 amide bonds. The highest BCUT2D eigenvalue weighted by Crippen LogP contribution is 2.27. The van der Waals surface area contributed by atoms with Crippen LogP contribution in [0.15, 0.2) is 54.6 Å². The Morgan fingerprint density at radius 3 is 2.20 bits per heavy atom. The summed E-state index contributed by atoms with van der Waals surface area (Å²) >= 11 is 0. The summed E-state index contributed by atoms with van der Waals surface area (Å²) in [5, 5.41) is 20.4. The highest BCUT2D eigenvalue weighted by molar-refractivity contribution is 6.04. The monoisotopic (exact) mass is 335 g/mol. The second-order valence-electron chi connectivity index (χ2n) is 5.31. The Hall–Kier alpha value is -3.51. The van der Waals surface area contributed by atoms with Crippen molar-refractivity contribution in [2.24, 2.45) is 5.92 Å². The van der Waals surface area contributed by atoms with E-state index < -0.39 is 29.5 Å². The fraction of sp³-hybridized carbons (Fsp3) is 0.158. The molecule has 124 valence electrons. The Balaban J connectivity index is 2.15. The molecule has 0 spiro atoms. The van der Waals surface area contributed by atoms with Gasteiger partial charge >= 0.3 is 0 Å². The highest BCUT2D eigenvalue weighted by Gasteiger charge is 2.26. The predicted molar refractivity (Wildman–Crippen MR) is 87.4 cm³/mol. The molecule has 1 atom stereocenters. The van der Waals surface area contributed by atoms with Crippen molar-refractivity contribution < 1.29 is 14.0 Å². The van der Waals surface area contributed by atoms with Gasteiger partial charge < -0.3 is 0 Å². The minimum Gasteiger partial charge on any atom is -0.292 e. The van der Waals surface area contributed by atoms with E-state index >= 15 is 0 Å². The lowest BCUT2D eigenvalue weighted by Gasteiger charge is -2.17. The van der Waals surface area contributed by atoms with Gasteiger partial charge in [0.1, 0.15) is 11.7 Å². The number of carbonyl (C=O) groups excluding carboxylic acids is 2. The molecule has 0 bridgehead atoms. The maximum Gasteiger partial charge on any atom is 0.260 e. The summed E-state index contributed by atoms with van der Waals surface area (Å²) in [6, 6.07) is 17.7. The lowest BCUT2D eigenvalue weighted by Crippen LogP contribution is -2.33. The molecule has 2 aromatic rings. The molecule has 0 aliphatic carbocycles. The number of hydrogen-bond acceptors (Lipinski definition) is 4. The largest absolute Gasteiger partial charge is 0.292 e. The van der Waals surface area contributed by atoms with E-state index in [1.807, 2.05) is 12.1 Å². The van der Waals surface area contributed by atoms with Crippen LogP contribution in [-0.4, -0.2) is 11.8 Å². The van der Waals surface area contributed by atoms with Crippen LogP contribution in [0.5, 0.6) is 0 Å². The Morgan fingerprint density at radius 1 is 1.00 bits per heavy atom. The Bertz CT molecular complexity index is 839. The second-order valence-corrected chi connectivity index (χ2v) is 5.31. The maximum atomic E-state index is 13.6. The molecule has 2 aromatic carbocycles. The van der Waals surface area contributed by atoms with Gasteiger partial charge in [0.05, 0.1) is 17.7 Å². The number of halogens is 1. The molecular formula is C19H14FN3O2. The number of amides is 2. The fourth-order valence-electron chi connectivity index (χ4n) is 2.43. The first-order valence-corrected chi connectivity index (χ1v) is 7.49. The molecule has 6 heteroatoms. The first-order valence-electron chi connectivity index (χ1n) is 7.49. The fourth-order valence-corrected chi connectivity index (χ4v) is 2.43. The van der Waals surface area contributed by atoms with Crippen LogP contribution in [0.1, 0.15) is 28.3 Å². The standard InChI is InChI=1S/C19H14FN3O2/c20-17-9-5-4-8-15(17)19(25)23-18(24)10-16(14(11-21)12-22)13-6-2-1-3-7-13/h1-9,14,16H,10H2,(H,23,24,25). The zero-order valence-electron chi connectivity index (χ0n) is 13.1. The smallest absolute Gasteiger partial charge is 0.260 e. The van der Waals surface area contributed by atoms with Crippen molar-refractivity contribution in [2.45, 2.75) is 12.3 Å². The highest BCUT2D eigenvalue weighted by atomic mass is 19.1. The number of nitriles is 2. The summed E-state index contributed by atoms with van der Waals surface area (Å²) in [6.45, 7) is 0. The molecule has 25 heavy (non-hydrogen) atoms. The van der Waals surface area contributed by atoms with Crippen LogP contribution in [-0.2, 0) is 4.79 Å². The van der Waals surface area contributed by atoms with E-state index in [1.165, 1.54) is 18.2 Å². The van der Waals surface area contributed by atoms with Gasteiger partial charge in [0, 0.05) is 12.3 Å². The van der Waals surface area contributed by atoms with Gasteiger partial charge in [-0.25, -0.2) is 4.39 Å². The van der Waals surface area contributed by atoms with Gasteiger partial charge in [0.15, 0.2) is 0 Å². The van der Waals surface area contributed by atoms with Crippen molar-refractivity contribution in [1.29, 1.82) is 10.5 Å². The van der Waals surface area contributed by atoms with Crippen LogP contribution in [0.4, 0.5) is 4.39 Å². The predicted octanol–water partition coefficient (Wildman–Crippen LogP) is 2.92. The first kappa shape index (κ1) is 17.8. The molecule has 0 heterocycles. The van der Waals surface area contributed by atoms with Gasteiger partial charge in [-0.15, -0.1) is 0 Å². The molecule has 0 saturated carbocycles. The van der Waals surface area contributed by atoms with Gasteiger partial charge in [-0.1, -0.05) is 42.5 Å². The Kier molecular flexibility index (Phi) is 5.97. The normalized spacial score (nSPS) is 11.2. The van der Waals surface area contributed by atoms with E-state index in [-0.39, 0.29) is 12.0 Å². The molecule has 0 aliphatic rings. The van der Waals surface area contributed by atoms with Crippen LogP contribution in [0.3, 0.4) is 0 Å². The van der Waals surface area contributed by atoms with E-state index in [0.717, 1.165) is 6.07 Å². The lowest BCUT2D eigenvalue weighted by molar-refractivity contribution is -0.120. The van der Waals surface area contributed by atoms with Crippen LogP contribution < -0.4 is 5.32 Å². The number of nitrogens with one attached hydrogen (secondary N) is 1.